The maximum absolute atomic E-state index is 13.1. The van der Waals surface area contributed by atoms with Gasteiger partial charge in [0.1, 0.15) is 0 Å². The van der Waals surface area contributed by atoms with Crippen molar-refractivity contribution in [1.82, 2.24) is 15.1 Å². The molecule has 1 unspecified atom stereocenters. The minimum absolute atomic E-state index is 0. The standard InChI is InChI=1S/C21H35N3O4.ClH/c25-19(7-6-16-8-10-22-11-9-16)23-12-3-4-17(15-23)21(28)24-13-2-1-5-18(24)14-20(26)27;/h16-18,22H,1-15H2,(H,26,27);1H/t17-,18?;/m1./s1. The third kappa shape index (κ3) is 6.85. The summed E-state index contributed by atoms with van der Waals surface area (Å²) < 4.78 is 0. The quantitative estimate of drug-likeness (QED) is 0.676. The topological polar surface area (TPSA) is 90.0 Å². The molecule has 29 heavy (non-hydrogen) atoms. The second kappa shape index (κ2) is 11.7. The molecule has 0 radical (unpaired) electrons. The fourth-order valence-electron chi connectivity index (χ4n) is 5.00. The fraction of sp³-hybridized carbons (Fsp3) is 0.857. The van der Waals surface area contributed by atoms with Crippen molar-refractivity contribution >= 4 is 30.2 Å². The van der Waals surface area contributed by atoms with Crippen LogP contribution in [-0.2, 0) is 14.4 Å². The molecule has 8 heteroatoms. The van der Waals surface area contributed by atoms with Crippen LogP contribution in [0.2, 0.25) is 0 Å². The number of halogens is 1. The molecule has 0 aliphatic carbocycles. The summed E-state index contributed by atoms with van der Waals surface area (Å²) in [6.07, 6.45) is 8.18. The minimum atomic E-state index is -0.844. The van der Waals surface area contributed by atoms with Crippen molar-refractivity contribution in [3.8, 4) is 0 Å². The number of carbonyl (C=O) groups excluding carboxylic acids is 2. The monoisotopic (exact) mass is 429 g/mol. The van der Waals surface area contributed by atoms with Gasteiger partial charge in [-0.3, -0.25) is 14.4 Å². The van der Waals surface area contributed by atoms with Gasteiger partial charge in [-0.25, -0.2) is 0 Å². The van der Waals surface area contributed by atoms with Crippen LogP contribution in [0.3, 0.4) is 0 Å². The summed E-state index contributed by atoms with van der Waals surface area (Å²) in [5, 5.41) is 12.5. The molecule has 3 aliphatic heterocycles. The van der Waals surface area contributed by atoms with E-state index in [0.717, 1.165) is 71.0 Å². The molecule has 0 spiro atoms. The second-order valence-corrected chi connectivity index (χ2v) is 8.69. The Bertz CT molecular complexity index is 568. The lowest BCUT2D eigenvalue weighted by Crippen LogP contribution is -2.51. The van der Waals surface area contributed by atoms with Crippen LogP contribution < -0.4 is 5.32 Å². The van der Waals surface area contributed by atoms with Crippen molar-refractivity contribution in [2.45, 2.75) is 70.3 Å². The number of likely N-dealkylation sites (tertiary alicyclic amines) is 2. The van der Waals surface area contributed by atoms with Crippen LogP contribution in [0.4, 0.5) is 0 Å². The number of rotatable bonds is 6. The normalized spacial score (nSPS) is 25.9. The first-order valence-corrected chi connectivity index (χ1v) is 11.1. The zero-order valence-electron chi connectivity index (χ0n) is 17.3. The van der Waals surface area contributed by atoms with E-state index in [0.29, 0.717) is 25.4 Å². The molecule has 0 aromatic carbocycles. The van der Waals surface area contributed by atoms with Gasteiger partial charge in [0, 0.05) is 32.1 Å². The van der Waals surface area contributed by atoms with Crippen LogP contribution in [0.25, 0.3) is 0 Å². The van der Waals surface area contributed by atoms with Gasteiger partial charge in [-0.2, -0.15) is 0 Å². The minimum Gasteiger partial charge on any atom is -0.481 e. The first-order chi connectivity index (χ1) is 13.5. The lowest BCUT2D eigenvalue weighted by Gasteiger charge is -2.40. The van der Waals surface area contributed by atoms with E-state index >= 15 is 0 Å². The van der Waals surface area contributed by atoms with E-state index in [1.165, 1.54) is 0 Å². The van der Waals surface area contributed by atoms with Crippen LogP contribution in [0, 0.1) is 11.8 Å². The molecule has 0 aromatic rings. The molecular formula is C21H36ClN3O4. The predicted octanol–water partition coefficient (Wildman–Crippen LogP) is 2.28. The average Bonchev–Trinajstić information content (AvgIpc) is 2.72. The molecule has 3 rings (SSSR count). The van der Waals surface area contributed by atoms with Gasteiger partial charge in [0.05, 0.1) is 12.3 Å². The van der Waals surface area contributed by atoms with Crippen LogP contribution in [0.15, 0.2) is 0 Å². The lowest BCUT2D eigenvalue weighted by atomic mass is 9.91. The molecule has 2 N–H and O–H groups in total. The maximum atomic E-state index is 13.1. The van der Waals surface area contributed by atoms with Crippen LogP contribution in [0.1, 0.15) is 64.2 Å². The Balaban J connectivity index is 0.00000300. The molecule has 7 nitrogen and oxygen atoms in total. The predicted molar refractivity (Wildman–Crippen MR) is 113 cm³/mol. The van der Waals surface area contributed by atoms with Crippen LogP contribution in [0.5, 0.6) is 0 Å². The molecule has 2 amide bonds. The molecular weight excluding hydrogens is 394 g/mol. The number of hydrogen-bond acceptors (Lipinski definition) is 4. The van der Waals surface area contributed by atoms with Gasteiger partial charge >= 0.3 is 5.97 Å². The summed E-state index contributed by atoms with van der Waals surface area (Å²) in [4.78, 5) is 40.6. The number of nitrogens with one attached hydrogen (secondary N) is 1. The van der Waals surface area contributed by atoms with E-state index in [9.17, 15) is 14.4 Å². The van der Waals surface area contributed by atoms with Crippen molar-refractivity contribution in [2.75, 3.05) is 32.7 Å². The highest BCUT2D eigenvalue weighted by atomic mass is 35.5. The number of hydrogen-bond donors (Lipinski definition) is 2. The molecule has 3 heterocycles. The number of nitrogens with zero attached hydrogens (tertiary/aromatic N) is 2. The van der Waals surface area contributed by atoms with E-state index < -0.39 is 5.97 Å². The first kappa shape index (κ1) is 23.9. The highest BCUT2D eigenvalue weighted by molar-refractivity contribution is 5.85. The second-order valence-electron chi connectivity index (χ2n) is 8.69. The average molecular weight is 430 g/mol. The summed E-state index contributed by atoms with van der Waals surface area (Å²) in [6.45, 7) is 3.99. The van der Waals surface area contributed by atoms with E-state index in [1.54, 1.807) is 4.90 Å². The largest absolute Gasteiger partial charge is 0.481 e. The summed E-state index contributed by atoms with van der Waals surface area (Å²) in [5.41, 5.74) is 0. The summed E-state index contributed by atoms with van der Waals surface area (Å²) in [5.74, 6) is -0.148. The van der Waals surface area contributed by atoms with Gasteiger partial charge < -0.3 is 20.2 Å². The molecule has 3 fully saturated rings. The van der Waals surface area contributed by atoms with Crippen molar-refractivity contribution in [1.29, 1.82) is 0 Å². The van der Waals surface area contributed by atoms with Crippen molar-refractivity contribution < 1.29 is 19.5 Å². The van der Waals surface area contributed by atoms with Gasteiger partial charge in [-0.05, 0) is 70.4 Å². The Morgan fingerprint density at radius 3 is 2.45 bits per heavy atom. The Morgan fingerprint density at radius 1 is 0.966 bits per heavy atom. The zero-order chi connectivity index (χ0) is 19.9. The number of amides is 2. The molecule has 2 atom stereocenters. The van der Waals surface area contributed by atoms with Gasteiger partial charge in [-0.15, -0.1) is 12.4 Å². The van der Waals surface area contributed by atoms with Gasteiger partial charge in [0.15, 0.2) is 0 Å². The Hall–Kier alpha value is -1.34. The third-order valence-electron chi connectivity index (χ3n) is 6.67. The van der Waals surface area contributed by atoms with Crippen molar-refractivity contribution in [3.63, 3.8) is 0 Å². The Kier molecular flexibility index (Phi) is 9.69. The van der Waals surface area contributed by atoms with E-state index in [2.05, 4.69) is 5.32 Å². The summed E-state index contributed by atoms with van der Waals surface area (Å²) in [6, 6.07) is -0.190. The highest BCUT2D eigenvalue weighted by Crippen LogP contribution is 2.26. The molecule has 0 aromatic heterocycles. The molecule has 3 aliphatic rings. The smallest absolute Gasteiger partial charge is 0.305 e. The van der Waals surface area contributed by atoms with Gasteiger partial charge in [0.2, 0.25) is 11.8 Å². The number of piperidine rings is 3. The Morgan fingerprint density at radius 2 is 1.72 bits per heavy atom. The highest BCUT2D eigenvalue weighted by Gasteiger charge is 2.35. The number of carboxylic acid groups (broad SMARTS) is 1. The van der Waals surface area contributed by atoms with E-state index in [1.807, 2.05) is 4.90 Å². The molecule has 0 bridgehead atoms. The summed E-state index contributed by atoms with van der Waals surface area (Å²) in [7, 11) is 0. The zero-order valence-corrected chi connectivity index (χ0v) is 18.1. The summed E-state index contributed by atoms with van der Waals surface area (Å²) >= 11 is 0. The molecule has 3 saturated heterocycles. The Labute approximate surface area is 180 Å². The van der Waals surface area contributed by atoms with Crippen molar-refractivity contribution in [3.05, 3.63) is 0 Å². The number of carbonyl (C=O) groups is 3. The van der Waals surface area contributed by atoms with Crippen LogP contribution >= 0.6 is 12.4 Å². The number of aliphatic carboxylic acids is 1. The molecule has 0 saturated carbocycles. The number of carboxylic acids is 1. The SMILES string of the molecule is Cl.O=C(O)CC1CCCCN1C(=O)[C@@H]1CCCN(C(=O)CCC2CCNCC2)C1. The fourth-order valence-corrected chi connectivity index (χ4v) is 5.00. The van der Waals surface area contributed by atoms with E-state index in [-0.39, 0.29) is 42.6 Å². The third-order valence-corrected chi connectivity index (χ3v) is 6.67. The van der Waals surface area contributed by atoms with Crippen LogP contribution in [-0.4, -0.2) is 71.5 Å². The lowest BCUT2D eigenvalue weighted by molar-refractivity contribution is -0.146. The maximum Gasteiger partial charge on any atom is 0.305 e. The molecule has 166 valence electrons. The van der Waals surface area contributed by atoms with Crippen molar-refractivity contribution in [2.24, 2.45) is 11.8 Å². The van der Waals surface area contributed by atoms with Gasteiger partial charge in [-0.1, -0.05) is 0 Å². The van der Waals surface area contributed by atoms with Gasteiger partial charge in [0.25, 0.3) is 0 Å². The van der Waals surface area contributed by atoms with E-state index in [4.69, 9.17) is 5.11 Å². The first-order valence-electron chi connectivity index (χ1n) is 11.1.